The van der Waals surface area contributed by atoms with Crippen molar-refractivity contribution < 1.29 is 4.74 Å². The highest BCUT2D eigenvalue weighted by Crippen LogP contribution is 2.26. The van der Waals surface area contributed by atoms with Gasteiger partial charge in [0.15, 0.2) is 0 Å². The van der Waals surface area contributed by atoms with Crippen molar-refractivity contribution in [1.29, 1.82) is 0 Å². The number of nitrogens with one attached hydrogen (secondary N) is 1. The number of rotatable bonds is 4. The van der Waals surface area contributed by atoms with Crippen molar-refractivity contribution >= 4 is 23.2 Å². The zero-order chi connectivity index (χ0) is 11.4. The first-order valence-electron chi connectivity index (χ1n) is 5.48. The van der Waals surface area contributed by atoms with Crippen molar-refractivity contribution in [2.24, 2.45) is 5.92 Å². The van der Waals surface area contributed by atoms with Gasteiger partial charge >= 0.3 is 0 Å². The minimum absolute atomic E-state index is 0.538. The molecular formula is C12H15Cl2NO. The van der Waals surface area contributed by atoms with E-state index in [2.05, 4.69) is 5.32 Å². The molecule has 0 amide bonds. The van der Waals surface area contributed by atoms with Crippen LogP contribution in [-0.4, -0.2) is 19.7 Å². The Labute approximate surface area is 106 Å². The fourth-order valence-corrected chi connectivity index (χ4v) is 2.23. The Hall–Kier alpha value is -0.280. The SMILES string of the molecule is Clc1cccc(COCC2CCNC2)c1Cl. The van der Waals surface area contributed by atoms with E-state index in [1.54, 1.807) is 6.07 Å². The van der Waals surface area contributed by atoms with E-state index in [0.717, 1.165) is 25.3 Å². The molecule has 1 aromatic rings. The molecular weight excluding hydrogens is 245 g/mol. The summed E-state index contributed by atoms with van der Waals surface area (Å²) < 4.78 is 5.66. The topological polar surface area (TPSA) is 21.3 Å². The van der Waals surface area contributed by atoms with Gasteiger partial charge in [0.05, 0.1) is 23.3 Å². The predicted octanol–water partition coefficient (Wildman–Crippen LogP) is 3.12. The van der Waals surface area contributed by atoms with Gasteiger partial charge in [-0.05, 0) is 30.5 Å². The first kappa shape index (κ1) is 12.2. The van der Waals surface area contributed by atoms with Crippen LogP contribution in [0, 0.1) is 5.92 Å². The lowest BCUT2D eigenvalue weighted by Gasteiger charge is -2.10. The van der Waals surface area contributed by atoms with Crippen LogP contribution in [-0.2, 0) is 11.3 Å². The van der Waals surface area contributed by atoms with Crippen molar-refractivity contribution in [3.8, 4) is 0 Å². The van der Waals surface area contributed by atoms with Gasteiger partial charge in [0, 0.05) is 6.54 Å². The van der Waals surface area contributed by atoms with Crippen LogP contribution in [0.1, 0.15) is 12.0 Å². The Bertz CT molecular complexity index is 351. The van der Waals surface area contributed by atoms with Crippen LogP contribution in [0.3, 0.4) is 0 Å². The molecule has 0 radical (unpaired) electrons. The van der Waals surface area contributed by atoms with Crippen molar-refractivity contribution in [3.05, 3.63) is 33.8 Å². The van der Waals surface area contributed by atoms with Gasteiger partial charge in [0.2, 0.25) is 0 Å². The molecule has 1 aliphatic rings. The fraction of sp³-hybridized carbons (Fsp3) is 0.500. The highest BCUT2D eigenvalue weighted by Gasteiger charge is 2.14. The summed E-state index contributed by atoms with van der Waals surface area (Å²) in [5, 5.41) is 4.51. The lowest BCUT2D eigenvalue weighted by atomic mass is 10.1. The molecule has 0 aromatic heterocycles. The molecule has 2 rings (SSSR count). The van der Waals surface area contributed by atoms with Crippen LogP contribution in [0.25, 0.3) is 0 Å². The molecule has 1 heterocycles. The molecule has 16 heavy (non-hydrogen) atoms. The standard InChI is InChI=1S/C12H15Cl2NO/c13-11-3-1-2-10(12(11)14)8-16-7-9-4-5-15-6-9/h1-3,9,15H,4-8H2. The summed E-state index contributed by atoms with van der Waals surface area (Å²) >= 11 is 12.0. The van der Waals surface area contributed by atoms with E-state index >= 15 is 0 Å². The van der Waals surface area contributed by atoms with Gasteiger partial charge in [0.25, 0.3) is 0 Å². The fourth-order valence-electron chi connectivity index (χ4n) is 1.85. The average Bonchev–Trinajstić information content (AvgIpc) is 2.77. The van der Waals surface area contributed by atoms with Gasteiger partial charge in [-0.25, -0.2) is 0 Å². The van der Waals surface area contributed by atoms with Gasteiger partial charge in [-0.1, -0.05) is 35.3 Å². The lowest BCUT2D eigenvalue weighted by molar-refractivity contribution is 0.0925. The van der Waals surface area contributed by atoms with E-state index < -0.39 is 0 Å². The summed E-state index contributed by atoms with van der Waals surface area (Å²) in [4.78, 5) is 0. The molecule has 1 unspecified atom stereocenters. The maximum Gasteiger partial charge on any atom is 0.0732 e. The van der Waals surface area contributed by atoms with Gasteiger partial charge in [-0.15, -0.1) is 0 Å². The third-order valence-electron chi connectivity index (χ3n) is 2.81. The number of hydrogen-bond donors (Lipinski definition) is 1. The molecule has 1 atom stereocenters. The van der Waals surface area contributed by atoms with Crippen LogP contribution in [0.2, 0.25) is 10.0 Å². The van der Waals surface area contributed by atoms with Crippen molar-refractivity contribution in [1.82, 2.24) is 5.32 Å². The Morgan fingerprint density at radius 2 is 2.25 bits per heavy atom. The highest BCUT2D eigenvalue weighted by molar-refractivity contribution is 6.42. The van der Waals surface area contributed by atoms with Crippen LogP contribution < -0.4 is 5.32 Å². The number of benzene rings is 1. The molecule has 0 aliphatic carbocycles. The summed E-state index contributed by atoms with van der Waals surface area (Å²) in [5.74, 6) is 0.637. The molecule has 1 aromatic carbocycles. The minimum atomic E-state index is 0.538. The molecule has 88 valence electrons. The normalized spacial score (nSPS) is 20.2. The number of hydrogen-bond acceptors (Lipinski definition) is 2. The van der Waals surface area contributed by atoms with Gasteiger partial charge < -0.3 is 10.1 Å². The van der Waals surface area contributed by atoms with Crippen LogP contribution in [0.15, 0.2) is 18.2 Å². The second-order valence-corrected chi connectivity index (χ2v) is 4.87. The van der Waals surface area contributed by atoms with Gasteiger partial charge in [-0.3, -0.25) is 0 Å². The molecule has 1 N–H and O–H groups in total. The monoisotopic (exact) mass is 259 g/mol. The molecule has 4 heteroatoms. The van der Waals surface area contributed by atoms with Crippen LogP contribution >= 0.6 is 23.2 Å². The molecule has 2 nitrogen and oxygen atoms in total. The second kappa shape index (κ2) is 5.87. The van der Waals surface area contributed by atoms with Crippen LogP contribution in [0.4, 0.5) is 0 Å². The maximum absolute atomic E-state index is 6.06. The van der Waals surface area contributed by atoms with Gasteiger partial charge in [-0.2, -0.15) is 0 Å². The molecule has 0 bridgehead atoms. The lowest BCUT2D eigenvalue weighted by Crippen LogP contribution is -2.13. The smallest absolute Gasteiger partial charge is 0.0732 e. The largest absolute Gasteiger partial charge is 0.376 e. The van der Waals surface area contributed by atoms with Crippen molar-refractivity contribution in [2.75, 3.05) is 19.7 Å². The predicted molar refractivity (Wildman–Crippen MR) is 67.1 cm³/mol. The van der Waals surface area contributed by atoms with Crippen molar-refractivity contribution in [3.63, 3.8) is 0 Å². The Morgan fingerprint density at radius 3 is 3.00 bits per heavy atom. The molecule has 1 saturated heterocycles. The Kier molecular flexibility index (Phi) is 4.47. The summed E-state index contributed by atoms with van der Waals surface area (Å²) in [6.07, 6.45) is 1.20. The first-order chi connectivity index (χ1) is 7.77. The van der Waals surface area contributed by atoms with E-state index in [9.17, 15) is 0 Å². The maximum atomic E-state index is 6.06. The third-order valence-corrected chi connectivity index (χ3v) is 3.66. The summed E-state index contributed by atoms with van der Waals surface area (Å²) in [6, 6.07) is 5.62. The zero-order valence-electron chi connectivity index (χ0n) is 9.01. The average molecular weight is 260 g/mol. The highest BCUT2D eigenvalue weighted by atomic mass is 35.5. The summed E-state index contributed by atoms with van der Waals surface area (Å²) in [7, 11) is 0. The van der Waals surface area contributed by atoms with Crippen LogP contribution in [0.5, 0.6) is 0 Å². The molecule has 1 fully saturated rings. The first-order valence-corrected chi connectivity index (χ1v) is 6.24. The number of halogens is 2. The van der Waals surface area contributed by atoms with E-state index in [0.29, 0.717) is 22.6 Å². The Morgan fingerprint density at radius 1 is 1.38 bits per heavy atom. The molecule has 0 spiro atoms. The Balaban J connectivity index is 1.82. The summed E-state index contributed by atoms with van der Waals surface area (Å²) in [5.41, 5.74) is 0.958. The quantitative estimate of drug-likeness (QED) is 0.898. The number of ether oxygens (including phenoxy) is 1. The zero-order valence-corrected chi connectivity index (χ0v) is 10.5. The molecule has 0 saturated carbocycles. The second-order valence-electron chi connectivity index (χ2n) is 4.09. The van der Waals surface area contributed by atoms with E-state index in [1.165, 1.54) is 6.42 Å². The van der Waals surface area contributed by atoms with E-state index in [4.69, 9.17) is 27.9 Å². The summed E-state index contributed by atoms with van der Waals surface area (Å²) in [6.45, 7) is 3.49. The third kappa shape index (κ3) is 3.11. The van der Waals surface area contributed by atoms with Crippen molar-refractivity contribution in [2.45, 2.75) is 13.0 Å². The molecule has 1 aliphatic heterocycles. The minimum Gasteiger partial charge on any atom is -0.376 e. The van der Waals surface area contributed by atoms with E-state index in [1.807, 2.05) is 12.1 Å². The van der Waals surface area contributed by atoms with Gasteiger partial charge in [0.1, 0.15) is 0 Å². The van der Waals surface area contributed by atoms with E-state index in [-0.39, 0.29) is 0 Å².